The number of ketones is 2. The normalized spacial score (nSPS) is 12.8. The fourth-order valence-electron chi connectivity index (χ4n) is 5.79. The number of aliphatic carboxylic acids is 1. The van der Waals surface area contributed by atoms with E-state index in [0.717, 1.165) is 23.4 Å². The van der Waals surface area contributed by atoms with Crippen LogP contribution in [0.15, 0.2) is 60.8 Å². The van der Waals surface area contributed by atoms with E-state index < -0.39 is 35.0 Å². The van der Waals surface area contributed by atoms with Gasteiger partial charge in [0, 0.05) is 61.1 Å². The van der Waals surface area contributed by atoms with Crippen molar-refractivity contribution in [1.29, 1.82) is 0 Å². The zero-order chi connectivity index (χ0) is 36.1. The van der Waals surface area contributed by atoms with Crippen LogP contribution in [0.25, 0.3) is 11.1 Å². The number of aromatic nitrogens is 1. The number of amides is 1. The SMILES string of the molecule is CC(C)(C)[C@H](c1cc(-c2cc(F)ccc2F)cn1Cc1ccccc1)N(CCCN)C(=O)CSCCC(=O)C[C@H](CCC(=O)CBr)C(=O)O. The van der Waals surface area contributed by atoms with Crippen LogP contribution < -0.4 is 5.73 Å². The van der Waals surface area contributed by atoms with Crippen LogP contribution in [0.5, 0.6) is 0 Å². The fraction of sp³-hybridized carbons (Fsp3) is 0.459. The Bertz CT molecular complexity index is 1580. The van der Waals surface area contributed by atoms with Crippen LogP contribution in [-0.2, 0) is 25.7 Å². The number of carbonyl (C=O) groups is 4. The van der Waals surface area contributed by atoms with Gasteiger partial charge in [-0.25, -0.2) is 8.78 Å². The summed E-state index contributed by atoms with van der Waals surface area (Å²) in [4.78, 5) is 51.7. The van der Waals surface area contributed by atoms with Gasteiger partial charge in [0.15, 0.2) is 0 Å². The van der Waals surface area contributed by atoms with E-state index in [1.807, 2.05) is 61.7 Å². The molecule has 0 aliphatic carbocycles. The molecule has 2 aromatic carbocycles. The third-order valence-corrected chi connectivity index (χ3v) is 9.76. The molecule has 0 bridgehead atoms. The summed E-state index contributed by atoms with van der Waals surface area (Å²) in [7, 11) is 0. The Hall–Kier alpha value is -3.35. The van der Waals surface area contributed by atoms with Gasteiger partial charge in [0.25, 0.3) is 0 Å². The van der Waals surface area contributed by atoms with Crippen molar-refractivity contribution in [3.63, 3.8) is 0 Å². The van der Waals surface area contributed by atoms with E-state index in [1.165, 1.54) is 17.8 Å². The number of carboxylic acid groups (broad SMARTS) is 1. The Kier molecular flexibility index (Phi) is 15.7. The van der Waals surface area contributed by atoms with Crippen molar-refractivity contribution < 1.29 is 33.1 Å². The van der Waals surface area contributed by atoms with Crippen LogP contribution in [-0.4, -0.2) is 67.9 Å². The molecule has 0 aliphatic heterocycles. The van der Waals surface area contributed by atoms with E-state index in [1.54, 1.807) is 11.1 Å². The molecule has 49 heavy (non-hydrogen) atoms. The first-order valence-electron chi connectivity index (χ1n) is 16.3. The molecular weight excluding hydrogens is 716 g/mol. The molecule has 8 nitrogen and oxygen atoms in total. The first kappa shape index (κ1) is 40.1. The van der Waals surface area contributed by atoms with Crippen molar-refractivity contribution >= 4 is 51.1 Å². The summed E-state index contributed by atoms with van der Waals surface area (Å²) in [5.74, 6) is -3.25. The zero-order valence-electron chi connectivity index (χ0n) is 28.3. The molecule has 0 fully saturated rings. The first-order valence-corrected chi connectivity index (χ1v) is 18.6. The van der Waals surface area contributed by atoms with Crippen molar-refractivity contribution in [2.45, 2.75) is 65.5 Å². The minimum absolute atomic E-state index is 0.0807. The molecule has 0 radical (unpaired) electrons. The molecule has 0 aliphatic rings. The summed E-state index contributed by atoms with van der Waals surface area (Å²) < 4.78 is 31.3. The van der Waals surface area contributed by atoms with Crippen molar-refractivity contribution in [3.05, 3.63) is 83.7 Å². The number of hydrogen-bond donors (Lipinski definition) is 2. The van der Waals surface area contributed by atoms with Gasteiger partial charge in [-0.2, -0.15) is 11.8 Å². The number of alkyl halides is 1. The number of thioether (sulfide) groups is 1. The number of rotatable bonds is 20. The quantitative estimate of drug-likeness (QED) is 0.0917. The van der Waals surface area contributed by atoms with Gasteiger partial charge in [-0.3, -0.25) is 19.2 Å². The maximum atomic E-state index is 15.0. The molecule has 3 N–H and O–H groups in total. The van der Waals surface area contributed by atoms with Gasteiger partial charge in [0.05, 0.1) is 23.0 Å². The number of halogens is 3. The van der Waals surface area contributed by atoms with Crippen LogP contribution >= 0.6 is 27.7 Å². The van der Waals surface area contributed by atoms with E-state index >= 15 is 4.39 Å². The van der Waals surface area contributed by atoms with E-state index in [2.05, 4.69) is 15.9 Å². The van der Waals surface area contributed by atoms with E-state index in [0.29, 0.717) is 37.4 Å². The highest BCUT2D eigenvalue weighted by molar-refractivity contribution is 9.09. The summed E-state index contributed by atoms with van der Waals surface area (Å²) in [6.07, 6.45) is 2.45. The van der Waals surface area contributed by atoms with Gasteiger partial charge in [0.1, 0.15) is 23.2 Å². The lowest BCUT2D eigenvalue weighted by molar-refractivity contribution is -0.144. The summed E-state index contributed by atoms with van der Waals surface area (Å²) in [5.41, 5.74) is 7.79. The number of hydrogen-bond acceptors (Lipinski definition) is 6. The van der Waals surface area contributed by atoms with Gasteiger partial charge in [-0.05, 0) is 54.6 Å². The summed E-state index contributed by atoms with van der Waals surface area (Å²) in [5, 5.41) is 9.65. The van der Waals surface area contributed by atoms with Gasteiger partial charge in [-0.15, -0.1) is 0 Å². The lowest BCUT2D eigenvalue weighted by Gasteiger charge is -2.41. The molecule has 1 amide bonds. The number of carbonyl (C=O) groups excluding carboxylic acids is 3. The van der Waals surface area contributed by atoms with Crippen molar-refractivity contribution in [3.8, 4) is 11.1 Å². The van der Waals surface area contributed by atoms with E-state index in [4.69, 9.17) is 5.73 Å². The van der Waals surface area contributed by atoms with Gasteiger partial charge in [-0.1, -0.05) is 67.0 Å². The zero-order valence-corrected chi connectivity index (χ0v) is 30.7. The Morgan fingerprint density at radius 2 is 1.73 bits per heavy atom. The Balaban J connectivity index is 1.86. The molecule has 12 heteroatoms. The lowest BCUT2D eigenvalue weighted by atomic mass is 9.83. The number of Topliss-reactive ketones (excluding diaryl/α,β-unsaturated/α-hetero) is 2. The van der Waals surface area contributed by atoms with Crippen LogP contribution in [0.4, 0.5) is 8.78 Å². The minimum atomic E-state index is -1.11. The second-order valence-electron chi connectivity index (χ2n) is 13.2. The topological polar surface area (TPSA) is 123 Å². The van der Waals surface area contributed by atoms with Crippen molar-refractivity contribution in [2.75, 3.05) is 29.9 Å². The predicted octanol–water partition coefficient (Wildman–Crippen LogP) is 7.27. The van der Waals surface area contributed by atoms with Crippen LogP contribution in [0, 0.1) is 23.0 Å². The Labute approximate surface area is 299 Å². The first-order chi connectivity index (χ1) is 23.2. The minimum Gasteiger partial charge on any atom is -0.481 e. The molecule has 0 unspecified atom stereocenters. The molecule has 2 atom stereocenters. The summed E-state index contributed by atoms with van der Waals surface area (Å²) in [6.45, 7) is 7.25. The largest absolute Gasteiger partial charge is 0.481 e. The molecule has 266 valence electrons. The highest BCUT2D eigenvalue weighted by Gasteiger charge is 2.37. The predicted molar refractivity (Wildman–Crippen MR) is 194 cm³/mol. The monoisotopic (exact) mass is 761 g/mol. The molecule has 0 saturated heterocycles. The molecular formula is C37H46BrF2N3O5S. The number of nitrogens with zero attached hydrogens (tertiary/aromatic N) is 2. The van der Waals surface area contributed by atoms with Crippen molar-refractivity contribution in [2.24, 2.45) is 17.1 Å². The number of nitrogens with two attached hydrogens (primary N) is 1. The molecule has 3 rings (SSSR count). The molecule has 0 spiro atoms. The third kappa shape index (κ3) is 12.2. The van der Waals surface area contributed by atoms with E-state index in [9.17, 15) is 28.7 Å². The third-order valence-electron chi connectivity index (χ3n) is 8.20. The van der Waals surface area contributed by atoms with Gasteiger partial charge < -0.3 is 20.3 Å². The second-order valence-corrected chi connectivity index (χ2v) is 14.8. The van der Waals surface area contributed by atoms with Crippen molar-refractivity contribution in [1.82, 2.24) is 9.47 Å². The number of carboxylic acids is 1. The highest BCUT2D eigenvalue weighted by atomic mass is 79.9. The fourth-order valence-corrected chi connectivity index (χ4v) is 6.93. The summed E-state index contributed by atoms with van der Waals surface area (Å²) >= 11 is 4.36. The summed E-state index contributed by atoms with van der Waals surface area (Å²) in [6, 6.07) is 14.5. The van der Waals surface area contributed by atoms with Crippen LogP contribution in [0.2, 0.25) is 0 Å². The van der Waals surface area contributed by atoms with Gasteiger partial charge in [0.2, 0.25) is 5.91 Å². The molecule has 1 aromatic heterocycles. The van der Waals surface area contributed by atoms with Crippen LogP contribution in [0.3, 0.4) is 0 Å². The smallest absolute Gasteiger partial charge is 0.306 e. The Morgan fingerprint density at radius 3 is 2.37 bits per heavy atom. The standard InChI is InChI=1S/C37H46BrF2N3O5S/c1-37(2,3)35(33-19-27(31-20-28(39)11-13-32(31)40)23-42(33)22-25-8-5-4-6-9-25)43(16-7-15-41)34(46)24-49-17-14-29(44)18-26(36(47)48)10-12-30(45)21-38/h4-6,8-9,11,13,19-20,23,26,35H,7,10,12,14-18,21-22,24,41H2,1-3H3,(H,47,48)/t26-,35-/m0/s1. The van der Waals surface area contributed by atoms with Gasteiger partial charge >= 0.3 is 5.97 Å². The average molecular weight is 763 g/mol. The maximum Gasteiger partial charge on any atom is 0.306 e. The highest BCUT2D eigenvalue weighted by Crippen LogP contribution is 2.41. The van der Waals surface area contributed by atoms with E-state index in [-0.39, 0.29) is 59.8 Å². The maximum absolute atomic E-state index is 15.0. The Morgan fingerprint density at radius 1 is 1.02 bits per heavy atom. The van der Waals surface area contributed by atoms with Crippen LogP contribution in [0.1, 0.15) is 70.2 Å². The molecule has 1 heterocycles. The molecule has 3 aromatic rings. The second kappa shape index (κ2) is 19.2. The average Bonchev–Trinajstić information content (AvgIpc) is 3.45. The number of benzene rings is 2. The molecule has 0 saturated carbocycles. The lowest BCUT2D eigenvalue weighted by Crippen LogP contribution is -2.44.